The predicted octanol–water partition coefficient (Wildman–Crippen LogP) is 2.14. The van der Waals surface area contributed by atoms with E-state index in [1.807, 2.05) is 0 Å². The number of aryl methyl sites for hydroxylation is 1. The van der Waals surface area contributed by atoms with Crippen LogP contribution >= 0.6 is 0 Å². The smallest absolute Gasteiger partial charge is 0.417 e. The topological polar surface area (TPSA) is 165 Å². The number of nitrogens with zero attached hydrogens (tertiary/aromatic N) is 3. The summed E-state index contributed by atoms with van der Waals surface area (Å²) >= 11 is 0. The standard InChI is InChI=1S/C23H23F3N4O6S/c1-30-15(5-6-29-30)12-3-4-16(14(7-12)23(24,25)26)37(34,35)13-8-18(36-2)22(9-13,20(32)33)17-10-21(17,11-27)19(28)31/h3-7,13,17-18H,8-10H2,1-2H3,(H2,28,31)(H,32,33)/t13-,17?,18+,21?,22+/m1/s1. The van der Waals surface area contributed by atoms with Crippen molar-refractivity contribution >= 4 is 21.7 Å². The molecule has 5 atom stereocenters. The highest BCUT2D eigenvalue weighted by Gasteiger charge is 2.75. The molecular weight excluding hydrogens is 517 g/mol. The molecule has 2 aliphatic rings. The van der Waals surface area contributed by atoms with E-state index < -0.39 is 79.3 Å². The van der Waals surface area contributed by atoms with Crippen LogP contribution in [0, 0.1) is 28.1 Å². The fourth-order valence-corrected chi connectivity index (χ4v) is 7.68. The highest BCUT2D eigenvalue weighted by molar-refractivity contribution is 7.92. The Bertz CT molecular complexity index is 1430. The lowest BCUT2D eigenvalue weighted by Gasteiger charge is -2.31. The van der Waals surface area contributed by atoms with Gasteiger partial charge < -0.3 is 15.6 Å². The number of carboxylic acid groups (broad SMARTS) is 1. The number of ether oxygens (including phenoxy) is 1. The highest BCUT2D eigenvalue weighted by Crippen LogP contribution is 2.66. The lowest BCUT2D eigenvalue weighted by Crippen LogP contribution is -2.44. The SMILES string of the molecule is CO[C@H]1C[C@@H](S(=O)(=O)c2ccc(-c3ccnn3C)cc2C(F)(F)F)C[C@]1(C(=O)O)C1CC1(C#N)C(N)=O. The fourth-order valence-electron chi connectivity index (χ4n) is 5.66. The van der Waals surface area contributed by atoms with E-state index in [9.17, 15) is 41.5 Å². The van der Waals surface area contributed by atoms with Gasteiger partial charge in [0.05, 0.1) is 33.6 Å². The molecule has 2 aromatic rings. The number of aromatic nitrogens is 2. The van der Waals surface area contributed by atoms with Crippen LogP contribution in [0.15, 0.2) is 35.4 Å². The van der Waals surface area contributed by atoms with Gasteiger partial charge >= 0.3 is 12.1 Å². The van der Waals surface area contributed by atoms with Gasteiger partial charge in [-0.2, -0.15) is 23.5 Å². The third-order valence-electron chi connectivity index (χ3n) is 7.67. The summed E-state index contributed by atoms with van der Waals surface area (Å²) in [6.45, 7) is 0. The number of rotatable bonds is 7. The van der Waals surface area contributed by atoms with E-state index in [4.69, 9.17) is 10.5 Å². The Labute approximate surface area is 209 Å². The Balaban J connectivity index is 1.80. The van der Waals surface area contributed by atoms with Gasteiger partial charge in [-0.3, -0.25) is 14.3 Å². The van der Waals surface area contributed by atoms with E-state index in [-0.39, 0.29) is 12.0 Å². The molecule has 1 amide bonds. The van der Waals surface area contributed by atoms with Crippen molar-refractivity contribution in [1.82, 2.24) is 9.78 Å². The minimum absolute atomic E-state index is 0.0885. The van der Waals surface area contributed by atoms with E-state index >= 15 is 0 Å². The molecule has 1 aromatic heterocycles. The molecule has 1 heterocycles. The van der Waals surface area contributed by atoms with Crippen molar-refractivity contribution in [1.29, 1.82) is 5.26 Å². The fraction of sp³-hybridized carbons (Fsp3) is 0.478. The van der Waals surface area contributed by atoms with Crippen molar-refractivity contribution in [2.75, 3.05) is 7.11 Å². The van der Waals surface area contributed by atoms with Gasteiger partial charge in [-0.05, 0) is 37.5 Å². The van der Waals surface area contributed by atoms with Crippen molar-refractivity contribution < 1.29 is 41.0 Å². The molecule has 0 saturated heterocycles. The molecule has 1 aromatic carbocycles. The number of nitriles is 1. The van der Waals surface area contributed by atoms with Crippen LogP contribution < -0.4 is 5.73 Å². The second-order valence-electron chi connectivity index (χ2n) is 9.43. The predicted molar refractivity (Wildman–Crippen MR) is 120 cm³/mol. The average molecular weight is 541 g/mol. The number of sulfone groups is 1. The summed E-state index contributed by atoms with van der Waals surface area (Å²) < 4.78 is 76.2. The molecule has 0 bridgehead atoms. The quantitative estimate of drug-likeness (QED) is 0.539. The van der Waals surface area contributed by atoms with Gasteiger partial charge in [-0.25, -0.2) is 8.42 Å². The summed E-state index contributed by atoms with van der Waals surface area (Å²) in [7, 11) is -2.09. The normalized spacial score (nSPS) is 29.6. The number of alkyl halides is 3. The first-order valence-corrected chi connectivity index (χ1v) is 12.6. The molecule has 0 aliphatic heterocycles. The molecule has 0 radical (unpaired) electrons. The molecular formula is C23H23F3N4O6S. The van der Waals surface area contributed by atoms with Gasteiger partial charge in [0.25, 0.3) is 0 Å². The number of halogens is 3. The zero-order chi connectivity index (χ0) is 27.6. The second-order valence-corrected chi connectivity index (χ2v) is 11.6. The molecule has 10 nitrogen and oxygen atoms in total. The van der Waals surface area contributed by atoms with E-state index in [1.165, 1.54) is 30.1 Å². The lowest BCUT2D eigenvalue weighted by molar-refractivity contribution is -0.159. The number of hydrogen-bond donors (Lipinski definition) is 2. The maximum absolute atomic E-state index is 14.1. The first kappa shape index (κ1) is 26.6. The van der Waals surface area contributed by atoms with Crippen LogP contribution in [0.5, 0.6) is 0 Å². The maximum atomic E-state index is 14.1. The van der Waals surface area contributed by atoms with Crippen molar-refractivity contribution in [2.45, 2.75) is 41.7 Å². The molecule has 0 spiro atoms. The molecule has 198 valence electrons. The van der Waals surface area contributed by atoms with Crippen molar-refractivity contribution in [2.24, 2.45) is 29.5 Å². The van der Waals surface area contributed by atoms with Gasteiger partial charge in [0, 0.05) is 31.8 Å². The summed E-state index contributed by atoms with van der Waals surface area (Å²) in [4.78, 5) is 23.5. The molecule has 37 heavy (non-hydrogen) atoms. The van der Waals surface area contributed by atoms with Gasteiger partial charge in [0.2, 0.25) is 5.91 Å². The van der Waals surface area contributed by atoms with Crippen LogP contribution in [0.25, 0.3) is 11.3 Å². The highest BCUT2D eigenvalue weighted by atomic mass is 32.2. The number of amides is 1. The van der Waals surface area contributed by atoms with Gasteiger partial charge in [0.1, 0.15) is 10.8 Å². The number of methoxy groups -OCH3 is 1. The van der Waals surface area contributed by atoms with E-state index in [2.05, 4.69) is 5.10 Å². The third kappa shape index (κ3) is 3.88. The minimum Gasteiger partial charge on any atom is -0.481 e. The van der Waals surface area contributed by atoms with Crippen LogP contribution in [-0.4, -0.2) is 53.6 Å². The molecule has 2 aliphatic carbocycles. The van der Waals surface area contributed by atoms with E-state index in [0.29, 0.717) is 11.8 Å². The number of carbonyl (C=O) groups excluding carboxylic acids is 1. The van der Waals surface area contributed by atoms with Gasteiger partial charge in [0.15, 0.2) is 9.84 Å². The monoisotopic (exact) mass is 540 g/mol. The number of primary amides is 1. The van der Waals surface area contributed by atoms with Crippen LogP contribution in [0.2, 0.25) is 0 Å². The maximum Gasteiger partial charge on any atom is 0.417 e. The number of benzene rings is 1. The lowest BCUT2D eigenvalue weighted by atomic mass is 9.75. The zero-order valence-corrected chi connectivity index (χ0v) is 20.5. The number of hydrogen-bond acceptors (Lipinski definition) is 7. The summed E-state index contributed by atoms with van der Waals surface area (Å²) in [5.74, 6) is -3.71. The average Bonchev–Trinajstić information content (AvgIpc) is 3.21. The summed E-state index contributed by atoms with van der Waals surface area (Å²) in [6, 6.07) is 6.00. The minimum atomic E-state index is -5.04. The Morgan fingerprint density at radius 1 is 1.30 bits per heavy atom. The van der Waals surface area contributed by atoms with Gasteiger partial charge in [-0.1, -0.05) is 6.07 Å². The molecule has 2 fully saturated rings. The number of aliphatic carboxylic acids is 1. The van der Waals surface area contributed by atoms with Crippen LogP contribution in [0.4, 0.5) is 13.2 Å². The van der Waals surface area contributed by atoms with E-state index in [0.717, 1.165) is 13.2 Å². The Morgan fingerprint density at radius 2 is 1.97 bits per heavy atom. The third-order valence-corrected chi connectivity index (χ3v) is 9.87. The first-order valence-electron chi connectivity index (χ1n) is 11.1. The Morgan fingerprint density at radius 3 is 2.43 bits per heavy atom. The van der Waals surface area contributed by atoms with Crippen molar-refractivity contribution in [3.63, 3.8) is 0 Å². The second kappa shape index (κ2) is 8.56. The summed E-state index contributed by atoms with van der Waals surface area (Å²) in [5, 5.41) is 22.0. The van der Waals surface area contributed by atoms with E-state index in [1.54, 1.807) is 6.07 Å². The summed E-state index contributed by atoms with van der Waals surface area (Å²) in [5.41, 5.74) is 0.528. The number of carbonyl (C=O) groups is 2. The Hall–Kier alpha value is -3.44. The van der Waals surface area contributed by atoms with Crippen LogP contribution in [0.1, 0.15) is 24.8 Å². The molecule has 3 N–H and O–H groups in total. The molecule has 2 saturated carbocycles. The van der Waals surface area contributed by atoms with Crippen LogP contribution in [0.3, 0.4) is 0 Å². The van der Waals surface area contributed by atoms with Crippen LogP contribution in [-0.2, 0) is 37.4 Å². The summed E-state index contributed by atoms with van der Waals surface area (Å²) in [6.07, 6.45) is -6.25. The Kier molecular flexibility index (Phi) is 6.16. The molecule has 14 heteroatoms. The zero-order valence-electron chi connectivity index (χ0n) is 19.7. The van der Waals surface area contributed by atoms with Crippen molar-refractivity contribution in [3.05, 3.63) is 36.0 Å². The first-order chi connectivity index (χ1) is 17.2. The molecule has 2 unspecified atom stereocenters. The largest absolute Gasteiger partial charge is 0.481 e. The van der Waals surface area contributed by atoms with Gasteiger partial charge in [-0.15, -0.1) is 0 Å². The molecule has 4 rings (SSSR count). The number of carboxylic acids is 1. The van der Waals surface area contributed by atoms with Crippen molar-refractivity contribution in [3.8, 4) is 17.3 Å². The number of nitrogens with two attached hydrogens (primary N) is 1.